The van der Waals surface area contributed by atoms with Gasteiger partial charge in [-0.25, -0.2) is 0 Å². The van der Waals surface area contributed by atoms with Gasteiger partial charge in [-0.15, -0.1) is 0 Å². The minimum absolute atomic E-state index is 0.0617. The van der Waals surface area contributed by atoms with E-state index in [1.165, 1.54) is 10.4 Å². The first kappa shape index (κ1) is 20.2. The van der Waals surface area contributed by atoms with Crippen LogP contribution in [0.3, 0.4) is 0 Å². The van der Waals surface area contributed by atoms with Crippen molar-refractivity contribution < 1.29 is 18.0 Å². The molecule has 4 nitrogen and oxygen atoms in total. The monoisotopic (exact) mass is 340 g/mol. The first-order valence-corrected chi connectivity index (χ1v) is 10.5. The van der Waals surface area contributed by atoms with E-state index in [9.17, 15) is 0 Å². The molecule has 0 fully saturated rings. The SMILES string of the molecule is CC(C)(C)Oc1cc2ccc1=2.CCO[Si](CC)(OCC)OCC. The molecule has 0 aromatic rings. The highest BCUT2D eigenvalue weighted by molar-refractivity contribution is 6.60. The topological polar surface area (TPSA) is 36.9 Å². The van der Waals surface area contributed by atoms with E-state index in [0.29, 0.717) is 19.8 Å². The van der Waals surface area contributed by atoms with Crippen molar-refractivity contribution in [3.63, 3.8) is 0 Å². The minimum Gasteiger partial charge on any atom is -0.487 e. The molecule has 5 heteroatoms. The summed E-state index contributed by atoms with van der Waals surface area (Å²) < 4.78 is 22.3. The predicted octanol–water partition coefficient (Wildman–Crippen LogP) is 4.52. The van der Waals surface area contributed by atoms with Gasteiger partial charge in [0.25, 0.3) is 0 Å². The fourth-order valence-corrected chi connectivity index (χ4v) is 4.44. The van der Waals surface area contributed by atoms with Crippen molar-refractivity contribution in [1.29, 1.82) is 0 Å². The number of hydrogen-bond donors (Lipinski definition) is 0. The van der Waals surface area contributed by atoms with Crippen molar-refractivity contribution in [2.75, 3.05) is 19.8 Å². The van der Waals surface area contributed by atoms with Crippen molar-refractivity contribution in [2.24, 2.45) is 0 Å². The second-order valence-corrected chi connectivity index (χ2v) is 9.20. The van der Waals surface area contributed by atoms with Gasteiger partial charge in [0.05, 0.1) is 0 Å². The Morgan fingerprint density at radius 1 is 0.870 bits per heavy atom. The van der Waals surface area contributed by atoms with Gasteiger partial charge >= 0.3 is 8.80 Å². The van der Waals surface area contributed by atoms with Gasteiger partial charge in [0.15, 0.2) is 0 Å². The van der Waals surface area contributed by atoms with Gasteiger partial charge in [0, 0.05) is 31.1 Å². The highest BCUT2D eigenvalue weighted by Gasteiger charge is 2.37. The Kier molecular flexibility index (Phi) is 7.74. The molecule has 0 unspecified atom stereocenters. The molecule has 2 rings (SSSR count). The molecule has 0 aliphatic heterocycles. The summed E-state index contributed by atoms with van der Waals surface area (Å²) in [6.07, 6.45) is 0. The average molecular weight is 341 g/mol. The largest absolute Gasteiger partial charge is 0.500 e. The third-order valence-corrected chi connectivity index (χ3v) is 6.29. The van der Waals surface area contributed by atoms with Crippen molar-refractivity contribution >= 4 is 8.80 Å². The van der Waals surface area contributed by atoms with Crippen LogP contribution >= 0.6 is 0 Å². The van der Waals surface area contributed by atoms with Crippen LogP contribution in [-0.4, -0.2) is 34.2 Å². The minimum atomic E-state index is -2.27. The summed E-state index contributed by atoms with van der Waals surface area (Å²) in [7, 11) is -2.27. The van der Waals surface area contributed by atoms with E-state index >= 15 is 0 Å². The zero-order valence-corrected chi connectivity index (χ0v) is 16.7. The molecule has 0 N–H and O–H groups in total. The van der Waals surface area contributed by atoms with E-state index in [1.54, 1.807) is 0 Å². The van der Waals surface area contributed by atoms with Crippen LogP contribution in [0.15, 0.2) is 18.2 Å². The van der Waals surface area contributed by atoms with Crippen molar-refractivity contribution in [3.05, 3.63) is 28.6 Å². The number of rotatable bonds is 8. The Hall–Kier alpha value is -0.883. The maximum atomic E-state index is 5.66. The van der Waals surface area contributed by atoms with Crippen LogP contribution in [0.4, 0.5) is 0 Å². The summed E-state index contributed by atoms with van der Waals surface area (Å²) in [4.78, 5) is 0. The lowest BCUT2D eigenvalue weighted by Crippen LogP contribution is -2.45. The summed E-state index contributed by atoms with van der Waals surface area (Å²) in [5.41, 5.74) is -0.0617. The lowest BCUT2D eigenvalue weighted by atomic mass is 10.1. The normalized spacial score (nSPS) is 12.5. The number of hydrogen-bond acceptors (Lipinski definition) is 4. The lowest BCUT2D eigenvalue weighted by Gasteiger charge is -2.26. The Labute approximate surface area is 141 Å². The summed E-state index contributed by atoms with van der Waals surface area (Å²) >= 11 is 0. The van der Waals surface area contributed by atoms with Crippen molar-refractivity contribution in [3.8, 4) is 5.75 Å². The first-order chi connectivity index (χ1) is 10.8. The van der Waals surface area contributed by atoms with Gasteiger partial charge in [0.1, 0.15) is 11.4 Å². The van der Waals surface area contributed by atoms with Crippen LogP contribution in [0, 0.1) is 10.4 Å². The standard InChI is InChI=1S/C10H12O.C8H20O3Si/c1-10(2,3)11-9-6-7-4-5-8(7)9;1-5-9-12(8-4,10-6-2)11-7-3/h4-6H,1-3H3;5-8H2,1-4H3. The summed E-state index contributed by atoms with van der Waals surface area (Å²) in [6, 6.07) is 7.13. The van der Waals surface area contributed by atoms with E-state index in [0.717, 1.165) is 11.8 Å². The Morgan fingerprint density at radius 2 is 1.39 bits per heavy atom. The molecular formula is C18H32O4Si. The summed E-state index contributed by atoms with van der Waals surface area (Å²) in [6.45, 7) is 16.1. The maximum Gasteiger partial charge on any atom is 0.500 e. The van der Waals surface area contributed by atoms with Gasteiger partial charge in [0.2, 0.25) is 0 Å². The molecule has 132 valence electrons. The van der Waals surface area contributed by atoms with Crippen LogP contribution in [0.25, 0.3) is 0 Å². The van der Waals surface area contributed by atoms with Crippen LogP contribution in [0.5, 0.6) is 5.75 Å². The number of benzene rings is 1. The van der Waals surface area contributed by atoms with Crippen LogP contribution in [0.2, 0.25) is 6.04 Å². The first-order valence-electron chi connectivity index (χ1n) is 8.56. The van der Waals surface area contributed by atoms with Gasteiger partial charge in [-0.3, -0.25) is 0 Å². The van der Waals surface area contributed by atoms with Crippen molar-refractivity contribution in [1.82, 2.24) is 0 Å². The zero-order chi connectivity index (χ0) is 17.5. The molecule has 2 aliphatic carbocycles. The molecule has 0 spiro atoms. The van der Waals surface area contributed by atoms with Crippen LogP contribution < -0.4 is 4.74 Å². The van der Waals surface area contributed by atoms with Gasteiger partial charge in [-0.05, 0) is 52.8 Å². The van der Waals surface area contributed by atoms with E-state index in [1.807, 2.05) is 27.7 Å². The van der Waals surface area contributed by atoms with Gasteiger partial charge < -0.3 is 18.0 Å². The van der Waals surface area contributed by atoms with E-state index in [4.69, 9.17) is 18.0 Å². The molecule has 0 saturated carbocycles. The zero-order valence-electron chi connectivity index (χ0n) is 15.7. The van der Waals surface area contributed by atoms with Crippen molar-refractivity contribution in [2.45, 2.75) is 60.1 Å². The second-order valence-electron chi connectivity index (χ2n) is 6.26. The molecule has 0 atom stereocenters. The third-order valence-electron chi connectivity index (χ3n) is 3.23. The maximum absolute atomic E-state index is 5.66. The average Bonchev–Trinajstić information content (AvgIpc) is 2.44. The predicted molar refractivity (Wildman–Crippen MR) is 95.6 cm³/mol. The van der Waals surface area contributed by atoms with E-state index < -0.39 is 8.80 Å². The Bertz CT molecular complexity index is 548. The molecule has 0 aromatic heterocycles. The molecule has 2 aliphatic rings. The lowest BCUT2D eigenvalue weighted by molar-refractivity contribution is 0.0725. The molecular weight excluding hydrogens is 308 g/mol. The third kappa shape index (κ3) is 5.92. The fraction of sp³-hybridized carbons (Fsp3) is 0.667. The molecule has 0 amide bonds. The molecule has 0 saturated heterocycles. The van der Waals surface area contributed by atoms with E-state index in [2.05, 4.69) is 39.0 Å². The van der Waals surface area contributed by atoms with Gasteiger partial charge in [-0.2, -0.15) is 0 Å². The molecule has 0 aromatic carbocycles. The van der Waals surface area contributed by atoms with Crippen LogP contribution in [-0.2, 0) is 13.3 Å². The van der Waals surface area contributed by atoms with Crippen LogP contribution in [0.1, 0.15) is 48.5 Å². The molecule has 23 heavy (non-hydrogen) atoms. The Balaban J connectivity index is 0.000000230. The summed E-state index contributed by atoms with van der Waals surface area (Å²) in [5, 5.41) is 2.63. The fourth-order valence-electron chi connectivity index (χ4n) is 2.26. The Morgan fingerprint density at radius 3 is 1.61 bits per heavy atom. The smallest absolute Gasteiger partial charge is 0.487 e. The summed E-state index contributed by atoms with van der Waals surface area (Å²) in [5.74, 6) is 1.05. The molecule has 0 heterocycles. The highest BCUT2D eigenvalue weighted by Crippen LogP contribution is 2.27. The number of ether oxygens (including phenoxy) is 1. The quantitative estimate of drug-likeness (QED) is 0.662. The highest BCUT2D eigenvalue weighted by atomic mass is 28.4. The molecule has 0 bridgehead atoms. The second kappa shape index (κ2) is 8.83. The van der Waals surface area contributed by atoms with E-state index in [-0.39, 0.29) is 5.60 Å². The molecule has 0 radical (unpaired) electrons. The van der Waals surface area contributed by atoms with Gasteiger partial charge in [-0.1, -0.05) is 19.1 Å².